The summed E-state index contributed by atoms with van der Waals surface area (Å²) in [6, 6.07) is 15.4. The Morgan fingerprint density at radius 2 is 1.85 bits per heavy atom. The van der Waals surface area contributed by atoms with Gasteiger partial charge in [0.2, 0.25) is 5.91 Å². The van der Waals surface area contributed by atoms with Crippen molar-refractivity contribution in [1.29, 1.82) is 0 Å². The number of benzene rings is 2. The average Bonchev–Trinajstić information content (AvgIpc) is 3.02. The fraction of sp³-hybridized carbons (Fsp3) is 0.250. The second-order valence-corrected chi connectivity index (χ2v) is 7.36. The Bertz CT molecular complexity index is 992. The third-order valence-electron chi connectivity index (χ3n) is 4.69. The summed E-state index contributed by atoms with van der Waals surface area (Å²) in [5.41, 5.74) is 3.09. The molecule has 1 N–H and O–H groups in total. The van der Waals surface area contributed by atoms with E-state index in [1.54, 1.807) is 16.5 Å². The van der Waals surface area contributed by atoms with Crippen LogP contribution in [-0.4, -0.2) is 32.6 Å². The van der Waals surface area contributed by atoms with Crippen molar-refractivity contribution in [2.24, 2.45) is 0 Å². The first-order valence-electron chi connectivity index (χ1n) is 8.60. The SMILES string of the molecule is Cc1ccc(-c2n[nH]c(=S)n2CC(=O)N(C)C(C)c2ccc(Cl)cc2)cc1. The molecule has 3 aromatic rings. The van der Waals surface area contributed by atoms with E-state index in [4.69, 9.17) is 23.8 Å². The lowest BCUT2D eigenvalue weighted by Crippen LogP contribution is -2.32. The van der Waals surface area contributed by atoms with Crippen LogP contribution in [0.15, 0.2) is 48.5 Å². The number of nitrogens with one attached hydrogen (secondary N) is 1. The molecule has 0 aliphatic rings. The number of H-pyrrole nitrogens is 1. The summed E-state index contributed by atoms with van der Waals surface area (Å²) in [6.45, 7) is 4.13. The molecule has 0 saturated heterocycles. The third kappa shape index (κ3) is 4.28. The Balaban J connectivity index is 1.81. The predicted octanol–water partition coefficient (Wildman–Crippen LogP) is 4.79. The number of aryl methyl sites for hydroxylation is 1. The van der Waals surface area contributed by atoms with Gasteiger partial charge in [0.05, 0.1) is 6.04 Å². The molecular formula is C20H21ClN4OS. The smallest absolute Gasteiger partial charge is 0.242 e. The molecule has 1 unspecified atom stereocenters. The van der Waals surface area contributed by atoms with E-state index in [0.717, 1.165) is 16.7 Å². The Morgan fingerprint density at radius 1 is 1.22 bits per heavy atom. The van der Waals surface area contributed by atoms with E-state index in [1.807, 2.05) is 62.4 Å². The topological polar surface area (TPSA) is 53.9 Å². The number of aromatic amines is 1. The fourth-order valence-electron chi connectivity index (χ4n) is 2.82. The van der Waals surface area contributed by atoms with Crippen LogP contribution in [0.5, 0.6) is 0 Å². The normalized spacial score (nSPS) is 12.0. The molecule has 0 fully saturated rings. The number of rotatable bonds is 5. The summed E-state index contributed by atoms with van der Waals surface area (Å²) in [6.07, 6.45) is 0. The first-order valence-corrected chi connectivity index (χ1v) is 9.39. The number of nitrogens with zero attached hydrogens (tertiary/aromatic N) is 3. The lowest BCUT2D eigenvalue weighted by molar-refractivity contribution is -0.132. The fourth-order valence-corrected chi connectivity index (χ4v) is 3.14. The van der Waals surface area contributed by atoms with Crippen LogP contribution in [0.4, 0.5) is 0 Å². The summed E-state index contributed by atoms with van der Waals surface area (Å²) in [7, 11) is 1.79. The molecule has 0 aliphatic heterocycles. The van der Waals surface area contributed by atoms with Gasteiger partial charge in [0.1, 0.15) is 6.54 Å². The van der Waals surface area contributed by atoms with Gasteiger partial charge in [0.25, 0.3) is 0 Å². The summed E-state index contributed by atoms with van der Waals surface area (Å²) < 4.78 is 2.15. The van der Waals surface area contributed by atoms with Crippen molar-refractivity contribution in [3.05, 3.63) is 69.5 Å². The van der Waals surface area contributed by atoms with Gasteiger partial charge >= 0.3 is 0 Å². The first-order chi connectivity index (χ1) is 12.9. The molecule has 0 aliphatic carbocycles. The Morgan fingerprint density at radius 3 is 2.48 bits per heavy atom. The van der Waals surface area contributed by atoms with Crippen molar-refractivity contribution in [2.45, 2.75) is 26.4 Å². The number of halogens is 1. The number of aromatic nitrogens is 3. The highest BCUT2D eigenvalue weighted by Gasteiger charge is 2.20. The second-order valence-electron chi connectivity index (χ2n) is 6.54. The van der Waals surface area contributed by atoms with Crippen LogP contribution in [0.2, 0.25) is 5.02 Å². The zero-order chi connectivity index (χ0) is 19.6. The van der Waals surface area contributed by atoms with Crippen molar-refractivity contribution in [3.63, 3.8) is 0 Å². The van der Waals surface area contributed by atoms with Crippen molar-refractivity contribution >= 4 is 29.7 Å². The number of hydrogen-bond acceptors (Lipinski definition) is 3. The number of amides is 1. The molecule has 140 valence electrons. The molecule has 0 bridgehead atoms. The summed E-state index contributed by atoms with van der Waals surface area (Å²) in [4.78, 5) is 14.6. The maximum Gasteiger partial charge on any atom is 0.242 e. The summed E-state index contributed by atoms with van der Waals surface area (Å²) >= 11 is 11.3. The zero-order valence-electron chi connectivity index (χ0n) is 15.4. The Hall–Kier alpha value is -2.44. The molecule has 3 rings (SSSR count). The molecule has 7 heteroatoms. The van der Waals surface area contributed by atoms with Gasteiger partial charge < -0.3 is 4.90 Å². The molecule has 2 aromatic carbocycles. The van der Waals surface area contributed by atoms with Crippen molar-refractivity contribution in [2.75, 3.05) is 7.05 Å². The third-order valence-corrected chi connectivity index (χ3v) is 5.25. The monoisotopic (exact) mass is 400 g/mol. The number of carbonyl (C=O) groups excluding carboxylic acids is 1. The molecule has 1 heterocycles. The van der Waals surface area contributed by atoms with Gasteiger partial charge in [-0.3, -0.25) is 14.5 Å². The molecule has 27 heavy (non-hydrogen) atoms. The highest BCUT2D eigenvalue weighted by molar-refractivity contribution is 7.71. The molecule has 0 radical (unpaired) electrons. The van der Waals surface area contributed by atoms with Crippen LogP contribution < -0.4 is 0 Å². The number of carbonyl (C=O) groups is 1. The van der Waals surface area contributed by atoms with E-state index in [2.05, 4.69) is 10.2 Å². The van der Waals surface area contributed by atoms with E-state index in [-0.39, 0.29) is 18.5 Å². The Kier molecular flexibility index (Phi) is 5.77. The van der Waals surface area contributed by atoms with Gasteiger partial charge in [-0.25, -0.2) is 0 Å². The number of hydrogen-bond donors (Lipinski definition) is 1. The minimum Gasteiger partial charge on any atom is -0.337 e. The van der Waals surface area contributed by atoms with Gasteiger partial charge in [-0.2, -0.15) is 5.10 Å². The van der Waals surface area contributed by atoms with Crippen LogP contribution in [0.1, 0.15) is 24.1 Å². The molecule has 1 atom stereocenters. The largest absolute Gasteiger partial charge is 0.337 e. The Labute approximate surface area is 168 Å². The van der Waals surface area contributed by atoms with Crippen LogP contribution in [0.25, 0.3) is 11.4 Å². The average molecular weight is 401 g/mol. The van der Waals surface area contributed by atoms with Crippen LogP contribution in [-0.2, 0) is 11.3 Å². The van der Waals surface area contributed by atoms with Crippen molar-refractivity contribution < 1.29 is 4.79 Å². The van der Waals surface area contributed by atoms with Gasteiger partial charge in [-0.1, -0.05) is 53.6 Å². The van der Waals surface area contributed by atoms with E-state index >= 15 is 0 Å². The van der Waals surface area contributed by atoms with Crippen molar-refractivity contribution in [3.8, 4) is 11.4 Å². The lowest BCUT2D eigenvalue weighted by Gasteiger charge is -2.25. The van der Waals surface area contributed by atoms with Gasteiger partial charge in [-0.05, 0) is 43.8 Å². The van der Waals surface area contributed by atoms with E-state index in [0.29, 0.717) is 15.6 Å². The summed E-state index contributed by atoms with van der Waals surface area (Å²) in [5, 5.41) is 7.77. The quantitative estimate of drug-likeness (QED) is 0.626. The molecule has 5 nitrogen and oxygen atoms in total. The summed E-state index contributed by atoms with van der Waals surface area (Å²) in [5.74, 6) is 0.601. The van der Waals surface area contributed by atoms with Crippen LogP contribution >= 0.6 is 23.8 Å². The molecule has 0 saturated carbocycles. The van der Waals surface area contributed by atoms with E-state index < -0.39 is 0 Å². The molecule has 1 aromatic heterocycles. The molecule has 0 spiro atoms. The first kappa shape index (κ1) is 19.3. The standard InChI is InChI=1S/C20H21ClN4OS/c1-13-4-6-16(7-5-13)19-22-23-20(27)25(19)12-18(26)24(3)14(2)15-8-10-17(21)11-9-15/h4-11,14H,12H2,1-3H3,(H,23,27). The highest BCUT2D eigenvalue weighted by atomic mass is 35.5. The minimum atomic E-state index is -0.0846. The van der Waals surface area contributed by atoms with Gasteiger partial charge in [0.15, 0.2) is 10.6 Å². The minimum absolute atomic E-state index is 0.0525. The van der Waals surface area contributed by atoms with Gasteiger partial charge in [-0.15, -0.1) is 0 Å². The van der Waals surface area contributed by atoms with Gasteiger partial charge in [0, 0.05) is 17.6 Å². The van der Waals surface area contributed by atoms with Crippen LogP contribution in [0, 0.1) is 11.7 Å². The second kappa shape index (κ2) is 8.06. The number of likely N-dealkylation sites (N-methyl/N-ethyl adjacent to an activating group) is 1. The van der Waals surface area contributed by atoms with E-state index in [1.165, 1.54) is 0 Å². The van der Waals surface area contributed by atoms with E-state index in [9.17, 15) is 4.79 Å². The lowest BCUT2D eigenvalue weighted by atomic mass is 10.1. The van der Waals surface area contributed by atoms with Crippen LogP contribution in [0.3, 0.4) is 0 Å². The molecular weight excluding hydrogens is 380 g/mol. The maximum absolute atomic E-state index is 12.9. The predicted molar refractivity (Wildman–Crippen MR) is 110 cm³/mol. The maximum atomic E-state index is 12.9. The molecule has 1 amide bonds. The van der Waals surface area contributed by atoms with Crippen molar-refractivity contribution in [1.82, 2.24) is 19.7 Å². The highest BCUT2D eigenvalue weighted by Crippen LogP contribution is 2.22. The zero-order valence-corrected chi connectivity index (χ0v) is 17.0.